The molecule has 90 heavy (non-hydrogen) atoms. The Morgan fingerprint density at radius 2 is 0.689 bits per heavy atom. The predicted octanol–water partition coefficient (Wildman–Crippen LogP) is 23.1. The first-order chi connectivity index (χ1) is 42.9. The lowest BCUT2D eigenvalue weighted by atomic mass is 9.47. The van der Waals surface area contributed by atoms with Crippen molar-refractivity contribution in [2.24, 2.45) is 33.5 Å². The van der Waals surface area contributed by atoms with Gasteiger partial charge in [0.2, 0.25) is 0 Å². The molecular weight excluding hydrogens is 1090 g/mol. The Bertz CT molecular complexity index is 4780. The zero-order chi connectivity index (χ0) is 61.7. The fraction of sp³-hybridized carbons (Fsp3) is 0.488. The minimum absolute atomic E-state index is 0.0153. The second-order valence-electron chi connectivity index (χ2n) is 35.1. The molecule has 7 aromatic carbocycles. The van der Waals surface area contributed by atoms with Crippen LogP contribution in [0, 0.1) is 61.2 Å². The number of fused-ring (bicyclic) bond motifs is 14. The number of ketones is 2. The number of rotatable bonds is 4. The molecule has 2 spiro atoms. The molecule has 11 aromatic rings. The summed E-state index contributed by atoms with van der Waals surface area (Å²) in [5.41, 5.74) is 25.7. The van der Waals surface area contributed by atoms with Crippen LogP contribution in [0.1, 0.15) is 249 Å². The van der Waals surface area contributed by atoms with E-state index in [1.54, 1.807) is 0 Å². The lowest BCUT2D eigenvalue weighted by Gasteiger charge is -2.57. The van der Waals surface area contributed by atoms with Crippen molar-refractivity contribution in [2.45, 2.75) is 233 Å². The summed E-state index contributed by atoms with van der Waals surface area (Å²) in [6, 6.07) is 35.6. The fourth-order valence-corrected chi connectivity index (χ4v) is 24.2. The van der Waals surface area contributed by atoms with Gasteiger partial charge in [-0.25, -0.2) is 0 Å². The molecule has 6 saturated carbocycles. The van der Waals surface area contributed by atoms with Crippen LogP contribution in [0.15, 0.2) is 84.9 Å². The second-order valence-corrected chi connectivity index (χ2v) is 35.1. The normalized spacial score (nSPS) is 29.0. The highest BCUT2D eigenvalue weighted by Crippen LogP contribution is 2.68. The average Bonchev–Trinajstić information content (AvgIpc) is 1.50. The number of Topliss-reactive ketones (excluding diaryl/α,β-unsaturated/α-hetero) is 2. The van der Waals surface area contributed by atoms with Crippen molar-refractivity contribution in [3.8, 4) is 22.3 Å². The minimum atomic E-state index is -0.377. The van der Waals surface area contributed by atoms with Crippen LogP contribution < -0.4 is 0 Å². The quantitative estimate of drug-likeness (QED) is 0.176. The Morgan fingerprint density at radius 3 is 1.07 bits per heavy atom. The van der Waals surface area contributed by atoms with E-state index in [9.17, 15) is 0 Å². The number of nitrogens with zero attached hydrogens (tertiary/aromatic N) is 2. The maximum absolute atomic E-state index is 15.8. The average molecular weight is 1190 g/mol. The van der Waals surface area contributed by atoms with Crippen LogP contribution in [-0.2, 0) is 21.7 Å². The van der Waals surface area contributed by atoms with Crippen LogP contribution in [0.3, 0.4) is 0 Å². The SMILES string of the molecule is Cc1cc(C)c(-c2cc3c4cc5c(cc4n4c6cc7c8cc(-c9c(C)cc(C)cc9C9(C)CCCC9)cc9c%10cc%11c(cc%10n(c7cc6c(c2)c34)c98)C(=O)C2(C)CCC%113CCCC(C)(C)C3C2)C(=O)C2(C)CCC53CCCC(C)(C)C3C2)c(C2(C)CCCC2)c1. The van der Waals surface area contributed by atoms with E-state index in [-0.39, 0.29) is 43.3 Å². The lowest BCUT2D eigenvalue weighted by Crippen LogP contribution is -2.51. The van der Waals surface area contributed by atoms with Gasteiger partial charge in [0.15, 0.2) is 11.6 Å². The van der Waals surface area contributed by atoms with Crippen LogP contribution in [0.25, 0.3) is 98.4 Å². The second kappa shape index (κ2) is 17.4. The monoisotopic (exact) mass is 1180 g/mol. The molecule has 0 amide bonds. The van der Waals surface area contributed by atoms with Crippen molar-refractivity contribution in [3.05, 3.63) is 141 Å². The van der Waals surface area contributed by atoms with Crippen LogP contribution >= 0.6 is 0 Å². The van der Waals surface area contributed by atoms with Gasteiger partial charge in [-0.15, -0.1) is 0 Å². The van der Waals surface area contributed by atoms with Crippen LogP contribution in [0.5, 0.6) is 0 Å². The maximum atomic E-state index is 15.8. The van der Waals surface area contributed by atoms with E-state index >= 15 is 9.59 Å². The number of carbonyl (C=O) groups excluding carboxylic acids is 2. The molecule has 0 aliphatic heterocycles. The number of carbonyl (C=O) groups is 2. The van der Waals surface area contributed by atoms with Gasteiger partial charge in [0.25, 0.3) is 0 Å². The van der Waals surface area contributed by atoms with E-state index in [4.69, 9.17) is 0 Å². The number of hydrogen-bond acceptors (Lipinski definition) is 2. The highest BCUT2D eigenvalue weighted by molar-refractivity contribution is 6.31. The molecule has 458 valence electrons. The number of aromatic nitrogens is 2. The van der Waals surface area contributed by atoms with E-state index in [2.05, 4.69) is 177 Å². The number of aryl methyl sites for hydroxylation is 4. The Hall–Kier alpha value is -6.52. The Balaban J connectivity index is 0.966. The lowest BCUT2D eigenvalue weighted by molar-refractivity contribution is -0.0241. The van der Waals surface area contributed by atoms with Crippen molar-refractivity contribution in [1.82, 2.24) is 8.80 Å². The maximum Gasteiger partial charge on any atom is 0.169 e. The Labute approximate surface area is 532 Å². The van der Waals surface area contributed by atoms with Gasteiger partial charge in [-0.2, -0.15) is 0 Å². The molecule has 0 radical (unpaired) electrons. The molecule has 4 heteroatoms. The van der Waals surface area contributed by atoms with Crippen molar-refractivity contribution in [1.29, 1.82) is 0 Å². The van der Waals surface area contributed by atoms with Gasteiger partial charge in [-0.1, -0.05) is 129 Å². The molecule has 4 aromatic heterocycles. The number of hydrogen-bond donors (Lipinski definition) is 0. The van der Waals surface area contributed by atoms with E-state index in [1.165, 1.54) is 233 Å². The highest BCUT2D eigenvalue weighted by atomic mass is 16.1. The molecular formula is C86H92N2O2. The molecule has 10 aliphatic rings. The van der Waals surface area contributed by atoms with Crippen molar-refractivity contribution in [3.63, 3.8) is 0 Å². The third kappa shape index (κ3) is 6.76. The van der Waals surface area contributed by atoms with E-state index in [0.717, 1.165) is 49.7 Å². The van der Waals surface area contributed by atoms with Crippen molar-refractivity contribution in [2.75, 3.05) is 0 Å². The molecule has 0 saturated heterocycles. The van der Waals surface area contributed by atoms with Gasteiger partial charge in [-0.3, -0.25) is 9.59 Å². The van der Waals surface area contributed by atoms with E-state index in [0.29, 0.717) is 23.4 Å². The van der Waals surface area contributed by atoms with Gasteiger partial charge >= 0.3 is 0 Å². The van der Waals surface area contributed by atoms with Crippen LogP contribution in [0.4, 0.5) is 0 Å². The summed E-state index contributed by atoms with van der Waals surface area (Å²) in [6.45, 7) is 29.2. The van der Waals surface area contributed by atoms with Crippen molar-refractivity contribution < 1.29 is 9.59 Å². The third-order valence-electron chi connectivity index (χ3n) is 28.8. The smallest absolute Gasteiger partial charge is 0.169 e. The first kappa shape index (κ1) is 55.1. The van der Waals surface area contributed by atoms with Gasteiger partial charge in [0, 0.05) is 65.0 Å². The summed E-state index contributed by atoms with van der Waals surface area (Å²) < 4.78 is 5.27. The summed E-state index contributed by atoms with van der Waals surface area (Å²) >= 11 is 0. The molecule has 6 fully saturated rings. The number of benzene rings is 7. The van der Waals surface area contributed by atoms with Crippen molar-refractivity contribution >= 4 is 87.8 Å². The standard InChI is InChI=1S/C86H92N2O2/c1-47-31-49(3)73(65(33-47)81(9)21-13-14-22-81)51-35-57-53-39-63-61(77(89)83(11)27-29-85(63)25-17-19-79(5,6)71(85)45-83)43-69(53)87-67-42-56-60-38-52(74-50(4)32-48(2)34-66(74)82(10)23-15-16-24-82)36-58-54-40-64-62(44-70(54)88(76(58)60)68(56)41-55(67)59(37-51)75(57)87)78(90)84(12)28-30-86(64)26-18-20-80(7,8)72(86)46-84/h31-44,71-72H,13-30,45-46H2,1-12H3. The molecule has 21 rings (SSSR count). The third-order valence-corrected chi connectivity index (χ3v) is 28.8. The first-order valence-electron chi connectivity index (χ1n) is 35.8. The summed E-state index contributed by atoms with van der Waals surface area (Å²) in [6.07, 6.45) is 23.2. The summed E-state index contributed by atoms with van der Waals surface area (Å²) in [7, 11) is 0. The van der Waals surface area contributed by atoms with Gasteiger partial charge < -0.3 is 8.80 Å². The van der Waals surface area contributed by atoms with E-state index < -0.39 is 0 Å². The van der Waals surface area contributed by atoms with Gasteiger partial charge in [0.05, 0.1) is 33.1 Å². The Morgan fingerprint density at radius 1 is 0.333 bits per heavy atom. The Kier molecular flexibility index (Phi) is 10.7. The minimum Gasteiger partial charge on any atom is -0.308 e. The largest absolute Gasteiger partial charge is 0.308 e. The summed E-state index contributed by atoms with van der Waals surface area (Å²) in [5, 5.41) is 10.3. The molecule has 6 unspecified atom stereocenters. The highest BCUT2D eigenvalue weighted by Gasteiger charge is 2.62. The van der Waals surface area contributed by atoms with Crippen LogP contribution in [-0.4, -0.2) is 20.4 Å². The summed E-state index contributed by atoms with van der Waals surface area (Å²) in [5.74, 6) is 1.68. The van der Waals surface area contributed by atoms with Crippen LogP contribution in [0.2, 0.25) is 0 Å². The fourth-order valence-electron chi connectivity index (χ4n) is 24.2. The molecule has 4 heterocycles. The molecule has 6 atom stereocenters. The topological polar surface area (TPSA) is 43.0 Å². The van der Waals surface area contributed by atoms with Gasteiger partial charge in [0.1, 0.15) is 0 Å². The van der Waals surface area contributed by atoms with E-state index in [1.807, 2.05) is 0 Å². The predicted molar refractivity (Wildman–Crippen MR) is 375 cm³/mol. The zero-order valence-corrected chi connectivity index (χ0v) is 56.1. The zero-order valence-electron chi connectivity index (χ0n) is 56.1. The van der Waals surface area contributed by atoms with Gasteiger partial charge in [-0.05, 0) is 278 Å². The molecule has 0 N–H and O–H groups in total. The molecule has 4 nitrogen and oxygen atoms in total. The summed E-state index contributed by atoms with van der Waals surface area (Å²) in [4.78, 5) is 31.6. The molecule has 10 aliphatic carbocycles. The molecule has 4 bridgehead atoms. The first-order valence-corrected chi connectivity index (χ1v) is 35.8.